The van der Waals surface area contributed by atoms with E-state index in [1.165, 1.54) is 18.7 Å². The first-order chi connectivity index (χ1) is 14.4. The average molecular weight is 490 g/mol. The predicted molar refractivity (Wildman–Crippen MR) is 125 cm³/mol. The Kier molecular flexibility index (Phi) is 11.1. The minimum absolute atomic E-state index is 0. The van der Waals surface area contributed by atoms with Crippen LogP contribution in [0, 0.1) is 19.8 Å². The summed E-state index contributed by atoms with van der Waals surface area (Å²) in [5, 5.41) is 8.41. The molecule has 3 unspecified atom stereocenters. The molecule has 2 aliphatic heterocycles. The van der Waals surface area contributed by atoms with Crippen LogP contribution in [0.15, 0.2) is 28.8 Å². The van der Waals surface area contributed by atoms with Crippen molar-refractivity contribution >= 4 is 44.9 Å². The molecule has 32 heavy (non-hydrogen) atoms. The van der Waals surface area contributed by atoms with Crippen LogP contribution in [0.4, 0.5) is 5.69 Å². The molecule has 0 saturated carbocycles. The van der Waals surface area contributed by atoms with Crippen molar-refractivity contribution in [3.8, 4) is 0 Å². The van der Waals surface area contributed by atoms with Crippen LogP contribution < -0.4 is 34.9 Å². The van der Waals surface area contributed by atoms with Crippen molar-refractivity contribution in [3.63, 3.8) is 0 Å². The molecule has 0 aliphatic carbocycles. The Balaban J connectivity index is 0.000000342. The summed E-state index contributed by atoms with van der Waals surface area (Å²) < 4.78 is 25.0. The summed E-state index contributed by atoms with van der Waals surface area (Å²) in [5.41, 5.74) is 3.96. The van der Waals surface area contributed by atoms with Crippen LogP contribution in [0.1, 0.15) is 48.7 Å². The van der Waals surface area contributed by atoms with Gasteiger partial charge in [0.25, 0.3) is 0 Å². The van der Waals surface area contributed by atoms with Gasteiger partial charge in [0.2, 0.25) is 5.91 Å². The van der Waals surface area contributed by atoms with Crippen LogP contribution in [-0.4, -0.2) is 43.6 Å². The monoisotopic (exact) mass is 489 g/mol. The third-order valence-electron chi connectivity index (χ3n) is 4.78. The number of Topliss-reactive ketones (excluding diaryl/α,β-unsaturated/α-hetero) is 1. The molecule has 0 fully saturated rings. The smallest absolute Gasteiger partial charge is 0.510 e. The van der Waals surface area contributed by atoms with Gasteiger partial charge in [-0.05, 0) is 56.7 Å². The summed E-state index contributed by atoms with van der Waals surface area (Å²) in [7, 11) is -3.34. The number of sulfonamides is 1. The summed E-state index contributed by atoms with van der Waals surface area (Å²) in [6.45, 7) is 8.99. The molecule has 3 rings (SSSR count). The molecule has 3 atom stereocenters. The van der Waals surface area contributed by atoms with Crippen LogP contribution in [0.5, 0.6) is 0 Å². The Morgan fingerprint density at radius 1 is 1.25 bits per heavy atom. The van der Waals surface area contributed by atoms with E-state index in [4.69, 9.17) is 4.84 Å². The minimum atomic E-state index is -3.34. The van der Waals surface area contributed by atoms with Gasteiger partial charge in [0.1, 0.15) is 0 Å². The second-order valence-corrected chi connectivity index (χ2v) is 10.4. The molecule has 2 aliphatic rings. The fraction of sp³-hybridized carbons (Fsp3) is 0.476. The normalized spacial score (nSPS) is 21.6. The number of allylic oxidation sites excluding steroid dienone is 1. The summed E-state index contributed by atoms with van der Waals surface area (Å²) in [6, 6.07) is 3.80. The summed E-state index contributed by atoms with van der Waals surface area (Å²) in [5.74, 6) is -0.122. The van der Waals surface area contributed by atoms with E-state index in [0.29, 0.717) is 11.3 Å². The van der Waals surface area contributed by atoms with Gasteiger partial charge in [-0.2, -0.15) is 0 Å². The Bertz CT molecular complexity index is 1020. The second-order valence-electron chi connectivity index (χ2n) is 7.64. The van der Waals surface area contributed by atoms with E-state index in [-0.39, 0.29) is 52.4 Å². The van der Waals surface area contributed by atoms with E-state index in [1.807, 2.05) is 44.4 Å². The topological polar surface area (TPSA) is 116 Å². The zero-order valence-electron chi connectivity index (χ0n) is 19.5. The molecule has 1 amide bonds. The number of ketones is 1. The molecular weight excluding hydrogens is 461 g/mol. The molecule has 8 nitrogen and oxygen atoms in total. The molecular formula is C21H28N3NaO5S2. The van der Waals surface area contributed by atoms with Gasteiger partial charge in [0.05, 0.1) is 32.9 Å². The fourth-order valence-corrected chi connectivity index (χ4v) is 4.40. The third kappa shape index (κ3) is 8.31. The number of carbonyl (C=O) groups is 2. The maximum Gasteiger partial charge on any atom is 1.00 e. The van der Waals surface area contributed by atoms with Crippen LogP contribution in [0.2, 0.25) is 0 Å². The van der Waals surface area contributed by atoms with Gasteiger partial charge in [-0.15, -0.1) is 11.8 Å². The maximum atomic E-state index is 12.1. The second kappa shape index (κ2) is 12.3. The van der Waals surface area contributed by atoms with Crippen molar-refractivity contribution in [3.05, 3.63) is 45.0 Å². The zero-order chi connectivity index (χ0) is 23.3. The predicted octanol–water partition coefficient (Wildman–Crippen LogP) is 1.16. The van der Waals surface area contributed by atoms with E-state index in [2.05, 4.69) is 15.2 Å². The first-order valence-electron chi connectivity index (χ1n) is 9.75. The SMILES string of the molecule is CC(=O)c1cc(C)cc(C)c1NC(=O)C1CC=CS1.CC1=NOC([N-]S(C)(=O)=O)C1C.[Na+]. The van der Waals surface area contributed by atoms with Crippen molar-refractivity contribution in [1.29, 1.82) is 0 Å². The van der Waals surface area contributed by atoms with Gasteiger partial charge >= 0.3 is 29.6 Å². The first kappa shape index (κ1) is 28.9. The molecule has 2 heterocycles. The Labute approximate surface area is 216 Å². The van der Waals surface area contributed by atoms with Gasteiger partial charge in [-0.1, -0.05) is 24.2 Å². The van der Waals surface area contributed by atoms with Crippen LogP contribution in [0.3, 0.4) is 0 Å². The molecule has 0 radical (unpaired) electrons. The number of hydrogen-bond donors (Lipinski definition) is 1. The molecule has 11 heteroatoms. The maximum absolute atomic E-state index is 12.1. The van der Waals surface area contributed by atoms with Crippen LogP contribution in [-0.2, 0) is 19.7 Å². The van der Waals surface area contributed by atoms with E-state index < -0.39 is 16.3 Å². The van der Waals surface area contributed by atoms with Crippen molar-refractivity contribution in [2.75, 3.05) is 11.6 Å². The van der Waals surface area contributed by atoms with Crippen molar-refractivity contribution in [2.45, 2.75) is 52.5 Å². The largest absolute Gasteiger partial charge is 1.00 e. The standard InChI is InChI=1S/C15H17NO2S.C6H11N2O3S.Na/c1-9-7-10(2)14(12(8-9)11(3)17)16-15(18)13-5-4-6-19-13;1-4-5(2)7-11-6(4)8-12(3,9)10;/h4,6-8,13H,5H2,1-3H3,(H,16,18);4,6H,1-3H3;/q;-1;+1. The van der Waals surface area contributed by atoms with Gasteiger partial charge in [-0.25, -0.2) is 8.42 Å². The van der Waals surface area contributed by atoms with Crippen molar-refractivity contribution < 1.29 is 52.4 Å². The van der Waals surface area contributed by atoms with E-state index in [9.17, 15) is 18.0 Å². The number of hydrogen-bond acceptors (Lipinski definition) is 7. The number of nitrogens with one attached hydrogen (secondary N) is 1. The molecule has 0 aromatic heterocycles. The fourth-order valence-electron chi connectivity index (χ4n) is 2.99. The number of amides is 1. The van der Waals surface area contributed by atoms with E-state index in [1.54, 1.807) is 6.92 Å². The quantitative estimate of drug-likeness (QED) is 0.490. The number of anilines is 1. The number of oxime groups is 1. The van der Waals surface area contributed by atoms with E-state index >= 15 is 0 Å². The van der Waals surface area contributed by atoms with Gasteiger partial charge < -0.3 is 14.9 Å². The third-order valence-corrected chi connectivity index (χ3v) is 6.45. The average Bonchev–Trinajstić information content (AvgIpc) is 3.29. The first-order valence-corrected chi connectivity index (χ1v) is 12.5. The molecule has 0 saturated heterocycles. The molecule has 170 valence electrons. The zero-order valence-corrected chi connectivity index (χ0v) is 23.1. The number of thioether (sulfide) groups is 1. The summed E-state index contributed by atoms with van der Waals surface area (Å²) in [6.07, 6.45) is 3.11. The number of benzene rings is 1. The Morgan fingerprint density at radius 2 is 1.91 bits per heavy atom. The molecule has 1 N–H and O–H groups in total. The molecule has 1 aromatic rings. The van der Waals surface area contributed by atoms with Crippen LogP contribution >= 0.6 is 11.8 Å². The minimum Gasteiger partial charge on any atom is -0.510 e. The molecule has 0 spiro atoms. The Hall–Kier alpha value is -1.17. The van der Waals surface area contributed by atoms with Gasteiger partial charge in [0, 0.05) is 17.7 Å². The molecule has 0 bridgehead atoms. The van der Waals surface area contributed by atoms with Gasteiger partial charge in [0.15, 0.2) is 5.78 Å². The number of carbonyl (C=O) groups excluding carboxylic acids is 2. The number of rotatable bonds is 5. The summed E-state index contributed by atoms with van der Waals surface area (Å²) in [4.78, 5) is 28.6. The van der Waals surface area contributed by atoms with E-state index in [0.717, 1.165) is 29.5 Å². The van der Waals surface area contributed by atoms with Gasteiger partial charge in [-0.3, -0.25) is 9.59 Å². The molecule has 1 aromatic carbocycles. The Morgan fingerprint density at radius 3 is 2.38 bits per heavy atom. The van der Waals surface area contributed by atoms with Crippen molar-refractivity contribution in [2.24, 2.45) is 11.1 Å². The van der Waals surface area contributed by atoms with Crippen molar-refractivity contribution in [1.82, 2.24) is 0 Å². The summed E-state index contributed by atoms with van der Waals surface area (Å²) >= 11 is 1.52. The number of nitrogens with zero attached hydrogens (tertiary/aromatic N) is 2. The number of aryl methyl sites for hydroxylation is 2. The van der Waals surface area contributed by atoms with Crippen LogP contribution in [0.25, 0.3) is 4.72 Å².